The third-order valence-electron chi connectivity index (χ3n) is 2.17. The molecule has 0 atom stereocenters. The first-order chi connectivity index (χ1) is 5.75. The van der Waals surface area contributed by atoms with Gasteiger partial charge in [-0.2, -0.15) is 18.1 Å². The molecule has 1 aromatic rings. The summed E-state index contributed by atoms with van der Waals surface area (Å²) >= 11 is 0. The summed E-state index contributed by atoms with van der Waals surface area (Å²) < 4.78 is 0. The minimum absolute atomic E-state index is 0. The Morgan fingerprint density at radius 2 is 1.50 bits per heavy atom. The molecule has 0 amide bonds. The summed E-state index contributed by atoms with van der Waals surface area (Å²) in [5.74, 6) is 1.36. The predicted octanol–water partition coefficient (Wildman–Crippen LogP) is 3.69. The first kappa shape index (κ1) is 27.6. The second kappa shape index (κ2) is 16.3. The van der Waals surface area contributed by atoms with Crippen LogP contribution in [0.3, 0.4) is 0 Å². The molecule has 0 aliphatic heterocycles. The molecule has 0 bridgehead atoms. The molecule has 0 spiro atoms. The van der Waals surface area contributed by atoms with E-state index in [9.17, 15) is 0 Å². The summed E-state index contributed by atoms with van der Waals surface area (Å²) in [6.07, 6.45) is 1.08. The Labute approximate surface area is 200 Å². The normalized spacial score (nSPS) is 7.12. The molecule has 0 N–H and O–H groups in total. The van der Waals surface area contributed by atoms with Crippen LogP contribution in [0.4, 0.5) is 0 Å². The van der Waals surface area contributed by atoms with E-state index >= 15 is 0 Å². The summed E-state index contributed by atoms with van der Waals surface area (Å²) in [6.45, 7) is 8.35. The van der Waals surface area contributed by atoms with Crippen LogP contribution in [0, 0.1) is 5.92 Å². The van der Waals surface area contributed by atoms with E-state index in [0.717, 1.165) is 12.0 Å². The van der Waals surface area contributed by atoms with Crippen molar-refractivity contribution in [2.45, 2.75) is 20.3 Å². The van der Waals surface area contributed by atoms with Crippen LogP contribution in [0.2, 0.25) is 0 Å². The van der Waals surface area contributed by atoms with E-state index in [0.29, 0.717) is 0 Å². The van der Waals surface area contributed by atoms with Crippen LogP contribution >= 0.6 is 0 Å². The number of benzene rings is 1. The zero-order valence-electron chi connectivity index (χ0n) is 10.1. The summed E-state index contributed by atoms with van der Waals surface area (Å²) in [4.78, 5) is 0. The van der Waals surface area contributed by atoms with Crippen molar-refractivity contribution in [3.8, 4) is 0 Å². The molecule has 76 valence electrons. The fraction of sp³-hybridized carbons (Fsp3) is 0.250. The van der Waals surface area contributed by atoms with Gasteiger partial charge in [0.05, 0.1) is 0 Å². The van der Waals surface area contributed by atoms with Crippen LogP contribution in [-0.2, 0) is 131 Å². The Kier molecular flexibility index (Phi) is 28.1. The van der Waals surface area contributed by atoms with Crippen LogP contribution in [0.1, 0.15) is 25.8 Å². The van der Waals surface area contributed by atoms with Gasteiger partial charge in [-0.25, -0.2) is 0 Å². The molecule has 16 heavy (non-hydrogen) atoms. The summed E-state index contributed by atoms with van der Waals surface area (Å²) in [5, 5.41) is 0. The second-order valence-corrected chi connectivity index (χ2v) is 2.98. The number of rotatable bonds is 3. The molecule has 4 radical (unpaired) electrons. The van der Waals surface area contributed by atoms with Crippen molar-refractivity contribution >= 4 is 5.57 Å². The maximum Gasteiger partial charge on any atom is 0 e. The average molecular weight is 515 g/mol. The minimum Gasteiger partial charge on any atom is -0.198 e. The Hall–Kier alpha value is 3.25. The summed E-state index contributed by atoms with van der Waals surface area (Å²) in [5.41, 5.74) is 2.40. The average Bonchev–Trinajstić information content (AvgIpc) is 2.17. The van der Waals surface area contributed by atoms with E-state index in [2.05, 4.69) is 32.6 Å². The van der Waals surface area contributed by atoms with Crippen molar-refractivity contribution in [3.05, 3.63) is 48.4 Å². The van der Waals surface area contributed by atoms with Crippen LogP contribution in [0.5, 0.6) is 0 Å². The van der Waals surface area contributed by atoms with Crippen LogP contribution in [0.25, 0.3) is 5.57 Å². The first-order valence-corrected chi connectivity index (χ1v) is 4.32. The van der Waals surface area contributed by atoms with E-state index in [1.165, 1.54) is 11.5 Å². The molecular formula is C12H15Y4-. The Morgan fingerprint density at radius 1 is 1.06 bits per heavy atom. The van der Waals surface area contributed by atoms with Crippen molar-refractivity contribution in [1.29, 1.82) is 0 Å². The van der Waals surface area contributed by atoms with Gasteiger partial charge in [-0.15, -0.1) is 17.7 Å². The molecule has 0 saturated heterocycles. The number of hydrogen-bond donors (Lipinski definition) is 0. The second-order valence-electron chi connectivity index (χ2n) is 2.98. The Balaban J connectivity index is -0.000000180. The van der Waals surface area contributed by atoms with Crippen molar-refractivity contribution in [3.63, 3.8) is 0 Å². The first-order valence-electron chi connectivity index (χ1n) is 4.32. The standard InChI is InChI=1S/C12H15.4Y/c1-4-10(2)11(3)12-8-6-5-7-9-12;;;;/h5-9H,3-4H2,1-2H3;;;;/q-1;;;;. The molecule has 0 aromatic heterocycles. The zero-order chi connectivity index (χ0) is 8.97. The fourth-order valence-electron chi connectivity index (χ4n) is 1.10. The maximum atomic E-state index is 4.06. The molecule has 0 unspecified atom stereocenters. The van der Waals surface area contributed by atoms with E-state index in [4.69, 9.17) is 0 Å². The van der Waals surface area contributed by atoms with Crippen molar-refractivity contribution in [2.24, 2.45) is 0 Å². The molecule has 0 aliphatic carbocycles. The minimum atomic E-state index is 0. The summed E-state index contributed by atoms with van der Waals surface area (Å²) in [6, 6.07) is 10.3. The molecule has 0 aliphatic rings. The molecule has 0 heterocycles. The van der Waals surface area contributed by atoms with Crippen molar-refractivity contribution in [1.82, 2.24) is 0 Å². The van der Waals surface area contributed by atoms with Crippen molar-refractivity contribution in [2.75, 3.05) is 0 Å². The number of hydrogen-bond acceptors (Lipinski definition) is 0. The van der Waals surface area contributed by atoms with Crippen LogP contribution in [0.15, 0.2) is 36.9 Å². The van der Waals surface area contributed by atoms with Gasteiger partial charge in [-0.1, -0.05) is 38.5 Å². The van der Waals surface area contributed by atoms with Gasteiger partial charge in [0.15, 0.2) is 0 Å². The molecular weight excluding hydrogens is 500 g/mol. The van der Waals surface area contributed by atoms with Gasteiger partial charge in [0.2, 0.25) is 0 Å². The molecule has 0 saturated carbocycles. The van der Waals surface area contributed by atoms with E-state index in [1.54, 1.807) is 0 Å². The van der Waals surface area contributed by atoms with Crippen LogP contribution in [-0.4, -0.2) is 0 Å². The smallest absolute Gasteiger partial charge is 0 e. The quantitative estimate of drug-likeness (QED) is 0.540. The number of allylic oxidation sites excluding steroid dienone is 1. The van der Waals surface area contributed by atoms with Crippen LogP contribution < -0.4 is 0 Å². The molecule has 1 rings (SSSR count). The Bertz CT molecular complexity index is 259. The molecule has 1 aromatic carbocycles. The van der Waals surface area contributed by atoms with Gasteiger partial charge >= 0.3 is 0 Å². The van der Waals surface area contributed by atoms with Gasteiger partial charge in [-0.05, 0) is 0 Å². The molecule has 4 heteroatoms. The van der Waals surface area contributed by atoms with E-state index < -0.39 is 0 Å². The monoisotopic (exact) mass is 515 g/mol. The molecule has 0 nitrogen and oxygen atoms in total. The molecule has 0 fully saturated rings. The van der Waals surface area contributed by atoms with Gasteiger partial charge in [0.1, 0.15) is 0 Å². The van der Waals surface area contributed by atoms with Gasteiger partial charge in [0, 0.05) is 131 Å². The Morgan fingerprint density at radius 3 is 1.88 bits per heavy atom. The third kappa shape index (κ3) is 10.1. The zero-order valence-corrected chi connectivity index (χ0v) is 21.5. The summed E-state index contributed by atoms with van der Waals surface area (Å²) in [7, 11) is 0. The van der Waals surface area contributed by atoms with Gasteiger partial charge in [-0.3, -0.25) is 0 Å². The fourth-order valence-corrected chi connectivity index (χ4v) is 1.10. The largest absolute Gasteiger partial charge is 0.198 e. The van der Waals surface area contributed by atoms with E-state index in [1.807, 2.05) is 18.2 Å². The van der Waals surface area contributed by atoms with Gasteiger partial charge in [0.25, 0.3) is 0 Å². The maximum absolute atomic E-state index is 4.06. The van der Waals surface area contributed by atoms with Crippen molar-refractivity contribution < 1.29 is 131 Å². The predicted molar refractivity (Wildman–Crippen MR) is 54.7 cm³/mol. The topological polar surface area (TPSA) is 0 Å². The van der Waals surface area contributed by atoms with E-state index in [-0.39, 0.29) is 131 Å². The SMILES string of the molecule is C=C(c1ccccc1)[C-](C)CC.[Y].[Y].[Y].[Y]. The van der Waals surface area contributed by atoms with Gasteiger partial charge < -0.3 is 0 Å². The third-order valence-corrected chi connectivity index (χ3v) is 2.17.